The Morgan fingerprint density at radius 2 is 1.66 bits per heavy atom. The normalized spacial score (nSPS) is 11.3. The number of carbonyl (C=O) groups is 1. The second kappa shape index (κ2) is 9.15. The summed E-state index contributed by atoms with van der Waals surface area (Å²) >= 11 is 0. The molecule has 1 amide bonds. The van der Waals surface area contributed by atoms with Gasteiger partial charge in [-0.3, -0.25) is 4.79 Å². The van der Waals surface area contributed by atoms with E-state index in [0.29, 0.717) is 22.9 Å². The fraction of sp³-hybridized carbons (Fsp3) is 0.350. The average molecular weight is 423 g/mol. The number of hydrogen-bond donors (Lipinski definition) is 1. The van der Waals surface area contributed by atoms with Gasteiger partial charge in [-0.25, -0.2) is 12.7 Å². The number of benzene rings is 2. The molecular formula is C20H26N2O6S. The number of hydrogen-bond acceptors (Lipinski definition) is 6. The fourth-order valence-corrected chi connectivity index (χ4v) is 3.61. The number of carbonyl (C=O) groups excluding carboxylic acids is 1. The zero-order valence-corrected chi connectivity index (χ0v) is 18.2. The fourth-order valence-electron chi connectivity index (χ4n) is 2.60. The van der Waals surface area contributed by atoms with Gasteiger partial charge in [-0.05, 0) is 49.2 Å². The molecule has 158 valence electrons. The Balaban J connectivity index is 2.23. The predicted octanol–water partition coefficient (Wildman–Crippen LogP) is 2.59. The predicted molar refractivity (Wildman–Crippen MR) is 110 cm³/mol. The number of para-hydroxylation sites is 1. The summed E-state index contributed by atoms with van der Waals surface area (Å²) < 4.78 is 42.1. The maximum Gasteiger partial charge on any atom is 0.262 e. The molecule has 1 N–H and O–H groups in total. The zero-order valence-electron chi connectivity index (χ0n) is 17.4. The Morgan fingerprint density at radius 3 is 2.17 bits per heavy atom. The second-order valence-electron chi connectivity index (χ2n) is 6.53. The molecule has 0 fully saturated rings. The van der Waals surface area contributed by atoms with Crippen LogP contribution >= 0.6 is 0 Å². The third kappa shape index (κ3) is 4.99. The number of rotatable bonds is 8. The summed E-state index contributed by atoms with van der Waals surface area (Å²) in [5.74, 6) is 0.732. The lowest BCUT2D eigenvalue weighted by molar-refractivity contribution is -0.118. The summed E-state index contributed by atoms with van der Waals surface area (Å²) in [6.07, 6.45) is 0. The molecule has 9 heteroatoms. The van der Waals surface area contributed by atoms with Crippen LogP contribution in [0.4, 0.5) is 5.69 Å². The molecule has 0 bridgehead atoms. The highest BCUT2D eigenvalue weighted by atomic mass is 32.2. The van der Waals surface area contributed by atoms with Gasteiger partial charge in [-0.15, -0.1) is 0 Å². The van der Waals surface area contributed by atoms with E-state index in [1.54, 1.807) is 38.1 Å². The maximum atomic E-state index is 12.5. The standard InChI is InChI=1S/C20H26N2O6S/c1-13-10-15(29(24,25)22(3)4)11-16(14(13)2)21-19(23)12-28-20-17(26-5)8-7-9-18(20)27-6/h7-11H,12H2,1-6H3,(H,21,23). The third-order valence-electron chi connectivity index (χ3n) is 4.42. The van der Waals surface area contributed by atoms with E-state index in [1.807, 2.05) is 0 Å². The van der Waals surface area contributed by atoms with Crippen molar-refractivity contribution in [2.45, 2.75) is 18.7 Å². The van der Waals surface area contributed by atoms with Crippen LogP contribution in [0.3, 0.4) is 0 Å². The van der Waals surface area contributed by atoms with Gasteiger partial charge in [0.1, 0.15) is 0 Å². The van der Waals surface area contributed by atoms with Gasteiger partial charge < -0.3 is 19.5 Å². The first-order chi connectivity index (χ1) is 13.6. The lowest BCUT2D eigenvalue weighted by Crippen LogP contribution is -2.24. The molecule has 8 nitrogen and oxygen atoms in total. The molecule has 0 heterocycles. The number of methoxy groups -OCH3 is 2. The molecule has 0 saturated heterocycles. The van der Waals surface area contributed by atoms with E-state index in [9.17, 15) is 13.2 Å². The lowest BCUT2D eigenvalue weighted by Gasteiger charge is -2.17. The van der Waals surface area contributed by atoms with Crippen molar-refractivity contribution in [3.05, 3.63) is 41.5 Å². The smallest absolute Gasteiger partial charge is 0.262 e. The molecule has 0 aliphatic rings. The Kier molecular flexibility index (Phi) is 7.10. The van der Waals surface area contributed by atoms with E-state index in [-0.39, 0.29) is 11.5 Å². The molecule has 2 aromatic carbocycles. The summed E-state index contributed by atoms with van der Waals surface area (Å²) in [6.45, 7) is 3.29. The summed E-state index contributed by atoms with van der Waals surface area (Å²) in [4.78, 5) is 12.6. The largest absolute Gasteiger partial charge is 0.493 e. The molecule has 2 rings (SSSR count). The molecule has 2 aromatic rings. The molecule has 0 aliphatic heterocycles. The number of aryl methyl sites for hydroxylation is 1. The number of nitrogens with zero attached hydrogens (tertiary/aromatic N) is 1. The van der Waals surface area contributed by atoms with Crippen molar-refractivity contribution in [3.8, 4) is 17.2 Å². The molecule has 0 spiro atoms. The van der Waals surface area contributed by atoms with Crippen molar-refractivity contribution in [3.63, 3.8) is 0 Å². The van der Waals surface area contributed by atoms with Crippen LogP contribution < -0.4 is 19.5 Å². The lowest BCUT2D eigenvalue weighted by atomic mass is 10.1. The number of amides is 1. The maximum absolute atomic E-state index is 12.5. The Bertz CT molecular complexity index is 980. The van der Waals surface area contributed by atoms with E-state index in [2.05, 4.69) is 5.32 Å². The summed E-state index contributed by atoms with van der Waals surface area (Å²) in [6, 6.07) is 8.15. The van der Waals surface area contributed by atoms with Crippen LogP contribution in [0.5, 0.6) is 17.2 Å². The summed E-state index contributed by atoms with van der Waals surface area (Å²) in [5, 5.41) is 2.72. The average Bonchev–Trinajstić information content (AvgIpc) is 2.68. The van der Waals surface area contributed by atoms with E-state index < -0.39 is 15.9 Å². The number of ether oxygens (including phenoxy) is 3. The van der Waals surface area contributed by atoms with Gasteiger partial charge in [0.05, 0.1) is 19.1 Å². The Hall–Kier alpha value is -2.78. The van der Waals surface area contributed by atoms with E-state index in [1.165, 1.54) is 34.4 Å². The summed E-state index contributed by atoms with van der Waals surface area (Å²) in [7, 11) is 2.26. The van der Waals surface area contributed by atoms with Gasteiger partial charge >= 0.3 is 0 Å². The van der Waals surface area contributed by atoms with Crippen molar-refractivity contribution in [2.75, 3.05) is 40.2 Å². The van der Waals surface area contributed by atoms with Crippen LogP contribution in [0, 0.1) is 13.8 Å². The van der Waals surface area contributed by atoms with Crippen molar-refractivity contribution >= 4 is 21.6 Å². The van der Waals surface area contributed by atoms with Crippen LogP contribution in [-0.4, -0.2) is 53.6 Å². The Morgan fingerprint density at radius 1 is 1.07 bits per heavy atom. The first-order valence-corrected chi connectivity index (χ1v) is 10.2. The molecule has 0 saturated carbocycles. The van der Waals surface area contributed by atoms with Gasteiger partial charge in [0, 0.05) is 19.8 Å². The highest BCUT2D eigenvalue weighted by Crippen LogP contribution is 2.36. The van der Waals surface area contributed by atoms with Crippen LogP contribution in [-0.2, 0) is 14.8 Å². The van der Waals surface area contributed by atoms with Crippen molar-refractivity contribution in [1.82, 2.24) is 4.31 Å². The highest BCUT2D eigenvalue weighted by Gasteiger charge is 2.20. The highest BCUT2D eigenvalue weighted by molar-refractivity contribution is 7.89. The van der Waals surface area contributed by atoms with Gasteiger partial charge in [0.25, 0.3) is 5.91 Å². The number of sulfonamides is 1. The molecule has 29 heavy (non-hydrogen) atoms. The topological polar surface area (TPSA) is 94.2 Å². The van der Waals surface area contributed by atoms with Gasteiger partial charge in [0.15, 0.2) is 18.1 Å². The first-order valence-electron chi connectivity index (χ1n) is 8.79. The number of anilines is 1. The van der Waals surface area contributed by atoms with Crippen LogP contribution in [0.2, 0.25) is 0 Å². The molecule has 0 radical (unpaired) electrons. The van der Waals surface area contributed by atoms with Crippen molar-refractivity contribution < 1.29 is 27.4 Å². The Labute approximate surface area is 171 Å². The SMILES string of the molecule is COc1cccc(OC)c1OCC(=O)Nc1cc(S(=O)(=O)N(C)C)cc(C)c1C. The molecule has 0 aliphatic carbocycles. The van der Waals surface area contributed by atoms with Crippen molar-refractivity contribution in [1.29, 1.82) is 0 Å². The third-order valence-corrected chi connectivity index (χ3v) is 6.22. The molecule has 0 unspecified atom stereocenters. The van der Waals surface area contributed by atoms with Crippen molar-refractivity contribution in [2.24, 2.45) is 0 Å². The van der Waals surface area contributed by atoms with Gasteiger partial charge in [-0.2, -0.15) is 0 Å². The zero-order chi connectivity index (χ0) is 21.8. The second-order valence-corrected chi connectivity index (χ2v) is 8.68. The van der Waals surface area contributed by atoms with Crippen LogP contribution in [0.1, 0.15) is 11.1 Å². The molecule has 0 atom stereocenters. The minimum Gasteiger partial charge on any atom is -0.493 e. The molecule has 0 aromatic heterocycles. The first kappa shape index (κ1) is 22.5. The minimum atomic E-state index is -3.63. The monoisotopic (exact) mass is 422 g/mol. The van der Waals surface area contributed by atoms with E-state index in [4.69, 9.17) is 14.2 Å². The van der Waals surface area contributed by atoms with Crippen LogP contribution in [0.25, 0.3) is 0 Å². The van der Waals surface area contributed by atoms with E-state index >= 15 is 0 Å². The van der Waals surface area contributed by atoms with Gasteiger partial charge in [-0.1, -0.05) is 6.07 Å². The van der Waals surface area contributed by atoms with E-state index in [0.717, 1.165) is 15.4 Å². The quantitative estimate of drug-likeness (QED) is 0.703. The van der Waals surface area contributed by atoms with Crippen LogP contribution in [0.15, 0.2) is 35.2 Å². The summed E-state index contributed by atoms with van der Waals surface area (Å²) in [5.41, 5.74) is 1.92. The van der Waals surface area contributed by atoms with Gasteiger partial charge in [0.2, 0.25) is 15.8 Å². The number of nitrogens with one attached hydrogen (secondary N) is 1. The minimum absolute atomic E-state index is 0.105. The molecular weight excluding hydrogens is 396 g/mol.